The van der Waals surface area contributed by atoms with Crippen molar-refractivity contribution in [2.75, 3.05) is 31.6 Å². The molecule has 1 fully saturated rings. The summed E-state index contributed by atoms with van der Waals surface area (Å²) in [7, 11) is -0.821. The van der Waals surface area contributed by atoms with E-state index in [1.807, 2.05) is 18.2 Å². The lowest BCUT2D eigenvalue weighted by Gasteiger charge is -2.36. The Morgan fingerprint density at radius 2 is 1.78 bits per heavy atom. The topological polar surface area (TPSA) is 76.2 Å². The van der Waals surface area contributed by atoms with E-state index < -0.39 is 22.2 Å². The Labute approximate surface area is 191 Å². The van der Waals surface area contributed by atoms with Crippen LogP contribution in [0.2, 0.25) is 0 Å². The van der Waals surface area contributed by atoms with Crippen LogP contribution in [0.15, 0.2) is 54.6 Å². The van der Waals surface area contributed by atoms with E-state index in [2.05, 4.69) is 12.1 Å². The maximum Gasteiger partial charge on any atom is 0.324 e. The summed E-state index contributed by atoms with van der Waals surface area (Å²) in [4.78, 5) is 12.8. The summed E-state index contributed by atoms with van der Waals surface area (Å²) < 4.78 is 39.7. The van der Waals surface area contributed by atoms with Crippen molar-refractivity contribution in [2.45, 2.75) is 44.6 Å². The molecule has 174 valence electrons. The molecule has 0 bridgehead atoms. The summed E-state index contributed by atoms with van der Waals surface area (Å²) in [5, 5.41) is 0. The van der Waals surface area contributed by atoms with Gasteiger partial charge >= 0.3 is 16.2 Å². The number of aryl methyl sites for hydroxylation is 1. The Hall–Kier alpha value is -2.58. The van der Waals surface area contributed by atoms with Gasteiger partial charge in [-0.1, -0.05) is 30.3 Å². The van der Waals surface area contributed by atoms with Crippen LogP contribution in [0.5, 0.6) is 5.75 Å². The van der Waals surface area contributed by atoms with Crippen molar-refractivity contribution >= 4 is 21.9 Å². The molecule has 0 aliphatic carbocycles. The molecule has 1 unspecified atom stereocenters. The molecule has 0 saturated carbocycles. The van der Waals surface area contributed by atoms with E-state index >= 15 is 0 Å². The van der Waals surface area contributed by atoms with Gasteiger partial charge in [-0.2, -0.15) is 12.7 Å². The minimum atomic E-state index is -3.88. The minimum Gasteiger partial charge on any atom is -0.497 e. The van der Waals surface area contributed by atoms with Crippen molar-refractivity contribution in [1.29, 1.82) is 0 Å². The lowest BCUT2D eigenvalue weighted by atomic mass is 10.1. The standard InChI is InChI=1S/C24H32N2O5S/c1-25(21-14-16-22(30-2)17-15-21)32(28,29)26-18-8-6-13-23(26)24(27)31-19-9-7-12-20-10-4-3-5-11-20/h3-5,10-11,14-17,23H,6-9,12-13,18-19H2,1-2H3. The second kappa shape index (κ2) is 11.3. The van der Waals surface area contributed by atoms with Gasteiger partial charge in [-0.05, 0) is 68.4 Å². The zero-order valence-corrected chi connectivity index (χ0v) is 19.6. The number of rotatable bonds is 10. The highest BCUT2D eigenvalue weighted by Crippen LogP contribution is 2.27. The first-order valence-electron chi connectivity index (χ1n) is 11.0. The number of benzene rings is 2. The fourth-order valence-electron chi connectivity index (χ4n) is 3.84. The molecule has 1 aliphatic rings. The summed E-state index contributed by atoms with van der Waals surface area (Å²) in [6.45, 7) is 0.598. The van der Waals surface area contributed by atoms with Crippen LogP contribution in [0.1, 0.15) is 37.7 Å². The first kappa shape index (κ1) is 24.1. The fraction of sp³-hybridized carbons (Fsp3) is 0.458. The van der Waals surface area contributed by atoms with Crippen LogP contribution < -0.4 is 9.04 Å². The number of carbonyl (C=O) groups excluding carboxylic acids is 1. The van der Waals surface area contributed by atoms with Crippen molar-refractivity contribution in [2.24, 2.45) is 0 Å². The number of hydrogen-bond acceptors (Lipinski definition) is 5. The maximum absolute atomic E-state index is 13.3. The third kappa shape index (κ3) is 6.01. The van der Waals surface area contributed by atoms with E-state index in [1.165, 1.54) is 21.2 Å². The van der Waals surface area contributed by atoms with Crippen molar-refractivity contribution in [1.82, 2.24) is 4.31 Å². The van der Waals surface area contributed by atoms with Crippen molar-refractivity contribution in [3.63, 3.8) is 0 Å². The van der Waals surface area contributed by atoms with Gasteiger partial charge in [0.15, 0.2) is 0 Å². The molecule has 2 aromatic rings. The van der Waals surface area contributed by atoms with E-state index in [-0.39, 0.29) is 0 Å². The monoisotopic (exact) mass is 460 g/mol. The summed E-state index contributed by atoms with van der Waals surface area (Å²) in [5.74, 6) is 0.183. The predicted molar refractivity (Wildman–Crippen MR) is 125 cm³/mol. The Morgan fingerprint density at radius 3 is 2.47 bits per heavy atom. The largest absolute Gasteiger partial charge is 0.497 e. The Bertz CT molecular complexity index is 964. The lowest BCUT2D eigenvalue weighted by molar-refractivity contribution is -0.149. The highest BCUT2D eigenvalue weighted by atomic mass is 32.2. The molecule has 8 heteroatoms. The average molecular weight is 461 g/mol. The number of nitrogens with zero attached hydrogens (tertiary/aromatic N) is 2. The Balaban J connectivity index is 1.57. The zero-order valence-electron chi connectivity index (χ0n) is 18.8. The molecule has 7 nitrogen and oxygen atoms in total. The van der Waals surface area contributed by atoms with Crippen LogP contribution in [0.3, 0.4) is 0 Å². The van der Waals surface area contributed by atoms with Crippen molar-refractivity contribution < 1.29 is 22.7 Å². The highest BCUT2D eigenvalue weighted by molar-refractivity contribution is 7.90. The molecular formula is C24H32N2O5S. The lowest BCUT2D eigenvalue weighted by Crippen LogP contribution is -2.53. The van der Waals surface area contributed by atoms with Crippen LogP contribution in [0, 0.1) is 0 Å². The van der Waals surface area contributed by atoms with Crippen LogP contribution >= 0.6 is 0 Å². The van der Waals surface area contributed by atoms with Crippen LogP contribution in [0.25, 0.3) is 0 Å². The number of hydrogen-bond donors (Lipinski definition) is 0. The van der Waals surface area contributed by atoms with E-state index in [4.69, 9.17) is 9.47 Å². The minimum absolute atomic E-state index is 0.296. The van der Waals surface area contributed by atoms with Crippen molar-refractivity contribution in [3.05, 3.63) is 60.2 Å². The molecule has 0 amide bonds. The van der Waals surface area contributed by atoms with Gasteiger partial charge in [-0.3, -0.25) is 9.10 Å². The summed E-state index contributed by atoms with van der Waals surface area (Å²) >= 11 is 0. The third-order valence-corrected chi connectivity index (χ3v) is 7.68. The second-order valence-corrected chi connectivity index (χ2v) is 9.82. The highest BCUT2D eigenvalue weighted by Gasteiger charge is 2.40. The molecular weight excluding hydrogens is 428 g/mol. The number of ether oxygens (including phenoxy) is 2. The quantitative estimate of drug-likeness (QED) is 0.398. The van der Waals surface area contributed by atoms with E-state index in [0.29, 0.717) is 31.0 Å². The van der Waals surface area contributed by atoms with Gasteiger partial charge in [0, 0.05) is 13.6 Å². The van der Waals surface area contributed by atoms with Gasteiger partial charge in [0.25, 0.3) is 0 Å². The fourth-order valence-corrected chi connectivity index (χ4v) is 5.42. The predicted octanol–water partition coefficient (Wildman–Crippen LogP) is 3.80. The molecule has 32 heavy (non-hydrogen) atoms. The van der Waals surface area contributed by atoms with E-state index in [9.17, 15) is 13.2 Å². The average Bonchev–Trinajstić information content (AvgIpc) is 2.84. The van der Waals surface area contributed by atoms with Gasteiger partial charge in [-0.15, -0.1) is 0 Å². The number of unbranched alkanes of at least 4 members (excludes halogenated alkanes) is 1. The molecule has 1 aliphatic heterocycles. The van der Waals surface area contributed by atoms with Crippen LogP contribution in [-0.2, 0) is 26.2 Å². The van der Waals surface area contributed by atoms with Gasteiger partial charge in [0.05, 0.1) is 19.4 Å². The van der Waals surface area contributed by atoms with Crippen molar-refractivity contribution in [3.8, 4) is 5.75 Å². The van der Waals surface area contributed by atoms with Gasteiger partial charge in [0.2, 0.25) is 0 Å². The van der Waals surface area contributed by atoms with E-state index in [0.717, 1.165) is 32.1 Å². The van der Waals surface area contributed by atoms with Crippen LogP contribution in [-0.4, -0.2) is 52.0 Å². The van der Waals surface area contributed by atoms with Gasteiger partial charge < -0.3 is 9.47 Å². The summed E-state index contributed by atoms with van der Waals surface area (Å²) in [6.07, 6.45) is 4.56. The Morgan fingerprint density at radius 1 is 1.06 bits per heavy atom. The molecule has 0 radical (unpaired) electrons. The molecule has 1 atom stereocenters. The zero-order chi connectivity index (χ0) is 23.0. The number of carbonyl (C=O) groups is 1. The molecule has 1 heterocycles. The second-order valence-electron chi connectivity index (χ2n) is 7.91. The van der Waals surface area contributed by atoms with Crippen LogP contribution in [0.4, 0.5) is 5.69 Å². The number of esters is 1. The molecule has 0 N–H and O–H groups in total. The molecule has 3 rings (SSSR count). The molecule has 2 aromatic carbocycles. The smallest absolute Gasteiger partial charge is 0.324 e. The normalized spacial score (nSPS) is 17.0. The van der Waals surface area contributed by atoms with E-state index in [1.54, 1.807) is 31.4 Å². The number of piperidine rings is 1. The number of anilines is 1. The summed E-state index contributed by atoms with van der Waals surface area (Å²) in [6, 6.07) is 16.2. The molecule has 0 spiro atoms. The first-order valence-corrected chi connectivity index (χ1v) is 12.4. The molecule has 0 aromatic heterocycles. The Kier molecular flexibility index (Phi) is 8.53. The first-order chi connectivity index (χ1) is 15.4. The number of methoxy groups -OCH3 is 1. The maximum atomic E-state index is 13.3. The third-order valence-electron chi connectivity index (χ3n) is 5.75. The van der Waals surface area contributed by atoms with Gasteiger partial charge in [-0.25, -0.2) is 0 Å². The molecule has 1 saturated heterocycles. The summed E-state index contributed by atoms with van der Waals surface area (Å²) in [5.41, 5.74) is 1.76. The van der Waals surface area contributed by atoms with Gasteiger partial charge in [0.1, 0.15) is 11.8 Å². The SMILES string of the molecule is COc1ccc(N(C)S(=O)(=O)N2CCCCC2C(=O)OCCCCc2ccccc2)cc1.